The number of ether oxygens (including phenoxy) is 3. The van der Waals surface area contributed by atoms with Crippen LogP contribution in [0.2, 0.25) is 0 Å². The monoisotopic (exact) mass is 322 g/mol. The van der Waals surface area contributed by atoms with Crippen LogP contribution in [-0.2, 0) is 6.42 Å². The van der Waals surface area contributed by atoms with Crippen molar-refractivity contribution in [3.05, 3.63) is 17.3 Å². The molecular formula is C14H18N4O5. The molecule has 23 heavy (non-hydrogen) atoms. The van der Waals surface area contributed by atoms with Crippen molar-refractivity contribution in [3.8, 4) is 28.7 Å². The molecule has 0 aliphatic carbocycles. The summed E-state index contributed by atoms with van der Waals surface area (Å²) in [4.78, 5) is 7.69. The van der Waals surface area contributed by atoms with Gasteiger partial charge in [0.1, 0.15) is 5.82 Å². The van der Waals surface area contributed by atoms with Crippen LogP contribution in [0.5, 0.6) is 28.7 Å². The van der Waals surface area contributed by atoms with Gasteiger partial charge in [0.25, 0.3) is 0 Å². The van der Waals surface area contributed by atoms with E-state index in [1.807, 2.05) is 0 Å². The fourth-order valence-corrected chi connectivity index (χ4v) is 2.20. The SMILES string of the molecule is COc1c(O)c(Cc2cnc(N)nc2N)c(O)c(OC)c1OC. The second-order valence-electron chi connectivity index (χ2n) is 4.59. The maximum Gasteiger partial charge on any atom is 0.221 e. The summed E-state index contributed by atoms with van der Waals surface area (Å²) in [5, 5.41) is 20.8. The van der Waals surface area contributed by atoms with Crippen LogP contribution < -0.4 is 25.7 Å². The molecule has 2 aromatic rings. The molecule has 0 radical (unpaired) electrons. The number of phenols is 2. The van der Waals surface area contributed by atoms with Gasteiger partial charge < -0.3 is 35.9 Å². The quantitative estimate of drug-likeness (QED) is 0.623. The van der Waals surface area contributed by atoms with Crippen molar-refractivity contribution in [3.63, 3.8) is 0 Å². The van der Waals surface area contributed by atoms with Gasteiger partial charge in [0.2, 0.25) is 23.2 Å². The Hall–Kier alpha value is -3.10. The number of aromatic hydroxyl groups is 2. The van der Waals surface area contributed by atoms with E-state index in [0.29, 0.717) is 5.56 Å². The van der Waals surface area contributed by atoms with E-state index >= 15 is 0 Å². The summed E-state index contributed by atoms with van der Waals surface area (Å²) in [5.41, 5.74) is 11.8. The van der Waals surface area contributed by atoms with Crippen LogP contribution in [-0.4, -0.2) is 41.5 Å². The number of nitrogens with two attached hydrogens (primary N) is 2. The largest absolute Gasteiger partial charge is 0.504 e. The molecule has 1 aromatic carbocycles. The van der Waals surface area contributed by atoms with Crippen molar-refractivity contribution in [2.75, 3.05) is 32.8 Å². The number of nitrogens with zero attached hydrogens (tertiary/aromatic N) is 2. The van der Waals surface area contributed by atoms with E-state index in [2.05, 4.69) is 9.97 Å². The molecule has 0 saturated carbocycles. The van der Waals surface area contributed by atoms with Gasteiger partial charge in [-0.05, 0) is 0 Å². The third kappa shape index (κ3) is 2.80. The van der Waals surface area contributed by atoms with Gasteiger partial charge in [-0.15, -0.1) is 0 Å². The molecule has 0 bridgehead atoms. The molecule has 0 spiro atoms. The predicted octanol–water partition coefficient (Wildman–Crippen LogP) is 0.669. The zero-order chi connectivity index (χ0) is 17.1. The van der Waals surface area contributed by atoms with Crippen molar-refractivity contribution >= 4 is 11.8 Å². The number of rotatable bonds is 5. The molecule has 0 saturated heterocycles. The lowest BCUT2D eigenvalue weighted by Crippen LogP contribution is -2.05. The predicted molar refractivity (Wildman–Crippen MR) is 83.1 cm³/mol. The molecule has 6 N–H and O–H groups in total. The van der Waals surface area contributed by atoms with Gasteiger partial charge in [-0.2, -0.15) is 4.98 Å². The molecule has 0 amide bonds. The third-order valence-electron chi connectivity index (χ3n) is 3.31. The highest BCUT2D eigenvalue weighted by atomic mass is 16.5. The molecule has 1 aromatic heterocycles. The molecule has 9 heteroatoms. The van der Waals surface area contributed by atoms with E-state index in [9.17, 15) is 10.2 Å². The highest BCUT2D eigenvalue weighted by Crippen LogP contribution is 2.53. The maximum absolute atomic E-state index is 10.4. The zero-order valence-electron chi connectivity index (χ0n) is 13.0. The number of methoxy groups -OCH3 is 3. The van der Waals surface area contributed by atoms with Gasteiger partial charge >= 0.3 is 0 Å². The standard InChI is InChI=1S/C14H18N4O5/c1-21-10-8(19)7(9(20)11(22-2)12(10)23-3)4-6-5-17-14(16)18-13(6)15/h5,19-20H,4H2,1-3H3,(H4,15,16,17,18). The van der Waals surface area contributed by atoms with Crippen molar-refractivity contribution in [2.45, 2.75) is 6.42 Å². The Balaban J connectivity index is 2.62. The molecule has 0 aliphatic heterocycles. The number of anilines is 2. The van der Waals surface area contributed by atoms with Gasteiger partial charge in [0.15, 0.2) is 11.5 Å². The van der Waals surface area contributed by atoms with Crippen molar-refractivity contribution in [2.24, 2.45) is 0 Å². The summed E-state index contributed by atoms with van der Waals surface area (Å²) < 4.78 is 15.4. The number of phenolic OH excluding ortho intramolecular Hbond substituents is 2. The average molecular weight is 322 g/mol. The molecule has 2 rings (SSSR count). The number of benzene rings is 1. The zero-order valence-corrected chi connectivity index (χ0v) is 13.0. The topological polar surface area (TPSA) is 146 Å². The van der Waals surface area contributed by atoms with Crippen LogP contribution in [0.4, 0.5) is 11.8 Å². The third-order valence-corrected chi connectivity index (χ3v) is 3.31. The van der Waals surface area contributed by atoms with Gasteiger partial charge in [-0.1, -0.05) is 0 Å². The van der Waals surface area contributed by atoms with Crippen LogP contribution >= 0.6 is 0 Å². The van der Waals surface area contributed by atoms with E-state index in [1.54, 1.807) is 0 Å². The molecule has 0 unspecified atom stereocenters. The van der Waals surface area contributed by atoms with Crippen LogP contribution in [0.1, 0.15) is 11.1 Å². The summed E-state index contributed by atoms with van der Waals surface area (Å²) >= 11 is 0. The van der Waals surface area contributed by atoms with E-state index in [1.165, 1.54) is 27.5 Å². The molecule has 9 nitrogen and oxygen atoms in total. The summed E-state index contributed by atoms with van der Waals surface area (Å²) in [6.45, 7) is 0. The smallest absolute Gasteiger partial charge is 0.221 e. The summed E-state index contributed by atoms with van der Waals surface area (Å²) in [7, 11) is 4.09. The fraction of sp³-hybridized carbons (Fsp3) is 0.286. The Kier molecular flexibility index (Phi) is 4.49. The van der Waals surface area contributed by atoms with Gasteiger partial charge in [0, 0.05) is 23.7 Å². The van der Waals surface area contributed by atoms with E-state index in [-0.39, 0.29) is 52.5 Å². The van der Waals surface area contributed by atoms with E-state index in [0.717, 1.165) is 0 Å². The Bertz CT molecular complexity index is 705. The Morgan fingerprint density at radius 1 is 0.957 bits per heavy atom. The fourth-order valence-electron chi connectivity index (χ4n) is 2.20. The second kappa shape index (κ2) is 6.34. The lowest BCUT2D eigenvalue weighted by atomic mass is 10.0. The first-order chi connectivity index (χ1) is 10.9. The number of aromatic nitrogens is 2. The van der Waals surface area contributed by atoms with Crippen LogP contribution in [0.3, 0.4) is 0 Å². The van der Waals surface area contributed by atoms with Gasteiger partial charge in [-0.3, -0.25) is 0 Å². The Morgan fingerprint density at radius 3 is 1.91 bits per heavy atom. The van der Waals surface area contributed by atoms with Crippen molar-refractivity contribution in [1.29, 1.82) is 0 Å². The summed E-state index contributed by atoms with van der Waals surface area (Å²) in [6.07, 6.45) is 1.46. The Labute approximate surface area is 132 Å². The van der Waals surface area contributed by atoms with E-state index < -0.39 is 0 Å². The minimum atomic E-state index is -0.293. The molecular weight excluding hydrogens is 304 g/mol. The van der Waals surface area contributed by atoms with Crippen LogP contribution in [0.25, 0.3) is 0 Å². The summed E-state index contributed by atoms with van der Waals surface area (Å²) in [6, 6.07) is 0. The first kappa shape index (κ1) is 16.3. The van der Waals surface area contributed by atoms with Crippen molar-refractivity contribution in [1.82, 2.24) is 9.97 Å². The van der Waals surface area contributed by atoms with Crippen molar-refractivity contribution < 1.29 is 24.4 Å². The lowest BCUT2D eigenvalue weighted by molar-refractivity contribution is 0.296. The number of hydrogen-bond acceptors (Lipinski definition) is 9. The number of nitrogen functional groups attached to an aromatic ring is 2. The highest BCUT2D eigenvalue weighted by molar-refractivity contribution is 5.70. The average Bonchev–Trinajstić information content (AvgIpc) is 2.52. The first-order valence-corrected chi connectivity index (χ1v) is 6.54. The minimum absolute atomic E-state index is 0.0320. The first-order valence-electron chi connectivity index (χ1n) is 6.54. The maximum atomic E-state index is 10.4. The van der Waals surface area contributed by atoms with Gasteiger partial charge in [0.05, 0.1) is 21.3 Å². The second-order valence-corrected chi connectivity index (χ2v) is 4.59. The number of hydrogen-bond donors (Lipinski definition) is 4. The molecule has 0 fully saturated rings. The Morgan fingerprint density at radius 2 is 1.48 bits per heavy atom. The minimum Gasteiger partial charge on any atom is -0.504 e. The molecule has 1 heterocycles. The molecule has 0 atom stereocenters. The van der Waals surface area contributed by atoms with Gasteiger partial charge in [-0.25, -0.2) is 4.98 Å². The van der Waals surface area contributed by atoms with E-state index in [4.69, 9.17) is 25.7 Å². The van der Waals surface area contributed by atoms with Crippen LogP contribution in [0, 0.1) is 0 Å². The lowest BCUT2D eigenvalue weighted by Gasteiger charge is -2.18. The molecule has 0 aliphatic rings. The highest BCUT2D eigenvalue weighted by Gasteiger charge is 2.26. The van der Waals surface area contributed by atoms with Crippen LogP contribution in [0.15, 0.2) is 6.20 Å². The molecule has 124 valence electrons. The normalized spacial score (nSPS) is 10.4. The summed E-state index contributed by atoms with van der Waals surface area (Å²) in [5.74, 6) is -0.262.